The summed E-state index contributed by atoms with van der Waals surface area (Å²) in [6.45, 7) is 4.17. The van der Waals surface area contributed by atoms with Crippen LogP contribution in [-0.4, -0.2) is 4.87 Å². The van der Waals surface area contributed by atoms with Crippen molar-refractivity contribution in [2.45, 2.75) is 18.7 Å². The van der Waals surface area contributed by atoms with Crippen molar-refractivity contribution in [1.82, 2.24) is 0 Å². The van der Waals surface area contributed by atoms with Crippen molar-refractivity contribution in [2.75, 3.05) is 0 Å². The van der Waals surface area contributed by atoms with Gasteiger partial charge in [-0.05, 0) is 25.0 Å². The van der Waals surface area contributed by atoms with E-state index in [-0.39, 0.29) is 4.87 Å². The normalized spacial score (nSPS) is 16.4. The predicted octanol–water partition coefficient (Wildman–Crippen LogP) is 5.34. The third kappa shape index (κ3) is 2.68. The molecule has 0 saturated carbocycles. The van der Waals surface area contributed by atoms with Gasteiger partial charge in [0, 0.05) is 5.57 Å². The summed E-state index contributed by atoms with van der Waals surface area (Å²) in [5, 5.41) is 9.75. The van der Waals surface area contributed by atoms with Gasteiger partial charge in [-0.3, -0.25) is 0 Å². The summed E-state index contributed by atoms with van der Waals surface area (Å²) in [6, 6.07) is 20.8. The molecule has 0 aromatic heterocycles. The standard InChI is InChI=1S/C17H16N2S/c1-17(2)19-18-16(20-17)15(13-9-5-3-6-10-13)14-11-7-4-8-12-14/h3-12H,1-2H3. The van der Waals surface area contributed by atoms with Crippen LogP contribution in [0.4, 0.5) is 0 Å². The Kier molecular flexibility index (Phi) is 3.45. The highest BCUT2D eigenvalue weighted by molar-refractivity contribution is 8.04. The summed E-state index contributed by atoms with van der Waals surface area (Å²) < 4.78 is 0. The number of hydrogen-bond acceptors (Lipinski definition) is 3. The summed E-state index contributed by atoms with van der Waals surface area (Å²) >= 11 is 1.71. The lowest BCUT2D eigenvalue weighted by atomic mass is 9.99. The minimum absolute atomic E-state index is 0.176. The maximum absolute atomic E-state index is 4.41. The van der Waals surface area contributed by atoms with E-state index < -0.39 is 0 Å². The molecule has 1 heterocycles. The van der Waals surface area contributed by atoms with Crippen molar-refractivity contribution in [1.29, 1.82) is 0 Å². The highest BCUT2D eigenvalue weighted by atomic mass is 32.2. The van der Waals surface area contributed by atoms with Crippen LogP contribution in [0.1, 0.15) is 25.0 Å². The lowest BCUT2D eigenvalue weighted by Gasteiger charge is -2.13. The Morgan fingerprint density at radius 2 is 1.35 bits per heavy atom. The van der Waals surface area contributed by atoms with Gasteiger partial charge in [0.1, 0.15) is 9.90 Å². The molecular weight excluding hydrogens is 264 g/mol. The second-order valence-corrected chi connectivity index (χ2v) is 6.75. The van der Waals surface area contributed by atoms with Crippen LogP contribution < -0.4 is 0 Å². The van der Waals surface area contributed by atoms with Crippen molar-refractivity contribution in [2.24, 2.45) is 10.2 Å². The minimum atomic E-state index is -0.176. The quantitative estimate of drug-likeness (QED) is 0.729. The number of benzene rings is 2. The molecule has 1 aliphatic heterocycles. The Bertz CT molecular complexity index is 616. The molecule has 1 aliphatic rings. The molecule has 0 spiro atoms. The molecule has 3 heteroatoms. The van der Waals surface area contributed by atoms with Crippen LogP contribution in [0.5, 0.6) is 0 Å². The molecule has 3 rings (SSSR count). The van der Waals surface area contributed by atoms with E-state index in [1.165, 1.54) is 11.1 Å². The molecule has 2 aromatic rings. The van der Waals surface area contributed by atoms with Crippen molar-refractivity contribution < 1.29 is 0 Å². The SMILES string of the molecule is CC1(C)N=NC(=C(c2ccccc2)c2ccccc2)S1. The van der Waals surface area contributed by atoms with Gasteiger partial charge in [0.25, 0.3) is 0 Å². The first-order chi connectivity index (χ1) is 9.66. The van der Waals surface area contributed by atoms with E-state index >= 15 is 0 Å². The Hall–Kier alpha value is -1.87. The fourth-order valence-electron chi connectivity index (χ4n) is 2.17. The van der Waals surface area contributed by atoms with Gasteiger partial charge in [-0.2, -0.15) is 5.11 Å². The molecule has 100 valence electrons. The summed E-state index contributed by atoms with van der Waals surface area (Å²) in [6.07, 6.45) is 0. The maximum atomic E-state index is 4.41. The largest absolute Gasteiger partial charge is 0.171 e. The number of hydrogen-bond donors (Lipinski definition) is 0. The lowest BCUT2D eigenvalue weighted by Crippen LogP contribution is -2.04. The first kappa shape index (κ1) is 13.1. The molecule has 0 aliphatic carbocycles. The van der Waals surface area contributed by atoms with Crippen LogP contribution >= 0.6 is 11.8 Å². The summed E-state index contributed by atoms with van der Waals surface area (Å²) in [4.78, 5) is -0.176. The van der Waals surface area contributed by atoms with Gasteiger partial charge < -0.3 is 0 Å². The fourth-order valence-corrected chi connectivity index (χ4v) is 3.14. The van der Waals surface area contributed by atoms with Gasteiger partial charge in [-0.1, -0.05) is 72.4 Å². The highest BCUT2D eigenvalue weighted by Gasteiger charge is 2.28. The van der Waals surface area contributed by atoms with E-state index in [4.69, 9.17) is 0 Å². The van der Waals surface area contributed by atoms with Crippen LogP contribution in [0.25, 0.3) is 5.57 Å². The van der Waals surface area contributed by atoms with E-state index in [0.717, 1.165) is 10.6 Å². The highest BCUT2D eigenvalue weighted by Crippen LogP contribution is 2.45. The third-order valence-corrected chi connectivity index (χ3v) is 4.13. The molecule has 2 nitrogen and oxygen atoms in total. The average Bonchev–Trinajstić information content (AvgIpc) is 2.81. The summed E-state index contributed by atoms with van der Waals surface area (Å²) in [5.41, 5.74) is 3.52. The zero-order chi connectivity index (χ0) is 14.0. The molecular formula is C17H16N2S. The smallest absolute Gasteiger partial charge is 0.129 e. The van der Waals surface area contributed by atoms with Gasteiger partial charge in [-0.25, -0.2) is 0 Å². The average molecular weight is 280 g/mol. The van der Waals surface area contributed by atoms with Gasteiger partial charge >= 0.3 is 0 Å². The van der Waals surface area contributed by atoms with Crippen molar-refractivity contribution in [3.63, 3.8) is 0 Å². The molecule has 0 bridgehead atoms. The number of nitrogens with zero attached hydrogens (tertiary/aromatic N) is 2. The monoisotopic (exact) mass is 280 g/mol. The zero-order valence-electron chi connectivity index (χ0n) is 11.6. The summed E-state index contributed by atoms with van der Waals surface area (Å²) in [5.74, 6) is 0. The second-order valence-electron chi connectivity index (χ2n) is 5.16. The van der Waals surface area contributed by atoms with Crippen LogP contribution in [0.2, 0.25) is 0 Å². The molecule has 0 atom stereocenters. The van der Waals surface area contributed by atoms with E-state index in [1.54, 1.807) is 11.8 Å². The Labute approximate surface area is 123 Å². The van der Waals surface area contributed by atoms with Crippen LogP contribution in [0.15, 0.2) is 75.9 Å². The fraction of sp³-hybridized carbons (Fsp3) is 0.176. The Morgan fingerprint density at radius 1 is 0.850 bits per heavy atom. The van der Waals surface area contributed by atoms with E-state index in [0.29, 0.717) is 0 Å². The minimum Gasteiger partial charge on any atom is -0.171 e. The Morgan fingerprint density at radius 3 is 1.75 bits per heavy atom. The first-order valence-corrected chi connectivity index (χ1v) is 7.44. The molecule has 0 amide bonds. The topological polar surface area (TPSA) is 24.7 Å². The summed E-state index contributed by atoms with van der Waals surface area (Å²) in [7, 11) is 0. The van der Waals surface area contributed by atoms with Gasteiger partial charge in [0.2, 0.25) is 0 Å². The number of rotatable bonds is 2. The molecule has 0 fully saturated rings. The van der Waals surface area contributed by atoms with Crippen molar-refractivity contribution >= 4 is 17.3 Å². The molecule has 0 saturated heterocycles. The van der Waals surface area contributed by atoms with Crippen LogP contribution in [-0.2, 0) is 0 Å². The van der Waals surface area contributed by atoms with Crippen LogP contribution in [0, 0.1) is 0 Å². The van der Waals surface area contributed by atoms with E-state index in [1.807, 2.05) is 12.1 Å². The van der Waals surface area contributed by atoms with Crippen molar-refractivity contribution in [3.8, 4) is 0 Å². The van der Waals surface area contributed by atoms with E-state index in [9.17, 15) is 0 Å². The maximum Gasteiger partial charge on any atom is 0.129 e. The zero-order valence-corrected chi connectivity index (χ0v) is 12.4. The molecule has 20 heavy (non-hydrogen) atoms. The van der Waals surface area contributed by atoms with Gasteiger partial charge in [0.15, 0.2) is 0 Å². The van der Waals surface area contributed by atoms with Gasteiger partial charge in [-0.15, -0.1) is 5.11 Å². The number of azo groups is 1. The molecule has 2 aromatic carbocycles. The predicted molar refractivity (Wildman–Crippen MR) is 85.4 cm³/mol. The second kappa shape index (κ2) is 5.25. The van der Waals surface area contributed by atoms with Crippen molar-refractivity contribution in [3.05, 3.63) is 76.8 Å². The third-order valence-electron chi connectivity index (χ3n) is 3.07. The van der Waals surface area contributed by atoms with E-state index in [2.05, 4.69) is 72.6 Å². The lowest BCUT2D eigenvalue weighted by molar-refractivity contribution is 0.732. The molecule has 0 N–H and O–H groups in total. The van der Waals surface area contributed by atoms with Gasteiger partial charge in [0.05, 0.1) is 0 Å². The first-order valence-electron chi connectivity index (χ1n) is 6.63. The molecule has 0 radical (unpaired) electrons. The Balaban J connectivity index is 2.16. The van der Waals surface area contributed by atoms with Crippen LogP contribution in [0.3, 0.4) is 0 Å². The molecule has 0 unspecified atom stereocenters. The number of thioether (sulfide) groups is 1.